The summed E-state index contributed by atoms with van der Waals surface area (Å²) >= 11 is 0. The fraction of sp³-hybridized carbons (Fsp3) is 0.348. The number of aromatic nitrogens is 1. The molecule has 150 valence electrons. The number of para-hydroxylation sites is 1. The molecule has 2 saturated heterocycles. The summed E-state index contributed by atoms with van der Waals surface area (Å²) in [6.07, 6.45) is 3.85. The van der Waals surface area contributed by atoms with Crippen molar-refractivity contribution in [2.75, 3.05) is 31.1 Å². The molecule has 1 atom stereocenters. The van der Waals surface area contributed by atoms with Crippen molar-refractivity contribution in [2.24, 2.45) is 0 Å². The van der Waals surface area contributed by atoms with Gasteiger partial charge in [-0.2, -0.15) is 0 Å². The lowest BCUT2D eigenvalue weighted by Gasteiger charge is -2.32. The van der Waals surface area contributed by atoms with Crippen LogP contribution in [0.4, 0.5) is 14.9 Å². The summed E-state index contributed by atoms with van der Waals surface area (Å²) in [4.78, 5) is 19.6. The number of aromatic amines is 1. The van der Waals surface area contributed by atoms with Crippen molar-refractivity contribution in [1.29, 1.82) is 0 Å². The zero-order valence-corrected chi connectivity index (χ0v) is 16.2. The van der Waals surface area contributed by atoms with E-state index in [9.17, 15) is 9.18 Å². The van der Waals surface area contributed by atoms with Gasteiger partial charge in [0, 0.05) is 29.3 Å². The highest BCUT2D eigenvalue weighted by atomic mass is 19.1. The molecule has 6 heteroatoms. The van der Waals surface area contributed by atoms with Crippen LogP contribution in [0.1, 0.15) is 24.3 Å². The summed E-state index contributed by atoms with van der Waals surface area (Å²) in [5.41, 5.74) is 3.29. The van der Waals surface area contributed by atoms with Crippen LogP contribution in [0.15, 0.2) is 54.7 Å². The minimum Gasteiger partial charge on any atom is -0.443 e. The number of amides is 1. The second-order valence-electron chi connectivity index (χ2n) is 7.96. The van der Waals surface area contributed by atoms with Gasteiger partial charge in [-0.3, -0.25) is 9.80 Å². The van der Waals surface area contributed by atoms with Gasteiger partial charge in [-0.1, -0.05) is 18.2 Å². The summed E-state index contributed by atoms with van der Waals surface area (Å²) in [7, 11) is 0. The third-order valence-electron chi connectivity index (χ3n) is 6.12. The number of nitrogens with one attached hydrogen (secondary N) is 1. The lowest BCUT2D eigenvalue weighted by Crippen LogP contribution is -2.39. The van der Waals surface area contributed by atoms with Gasteiger partial charge in [0.2, 0.25) is 0 Å². The van der Waals surface area contributed by atoms with Crippen LogP contribution in [0.2, 0.25) is 0 Å². The third-order valence-corrected chi connectivity index (χ3v) is 6.12. The molecule has 5 nitrogen and oxygen atoms in total. The fourth-order valence-corrected chi connectivity index (χ4v) is 4.59. The molecule has 2 aliphatic heterocycles. The first-order valence-electron chi connectivity index (χ1n) is 10.2. The van der Waals surface area contributed by atoms with Gasteiger partial charge in [0.15, 0.2) is 0 Å². The molecule has 3 heterocycles. The van der Waals surface area contributed by atoms with E-state index in [0.717, 1.165) is 32.5 Å². The lowest BCUT2D eigenvalue weighted by molar-refractivity contribution is 0.0977. The smallest absolute Gasteiger partial charge is 0.414 e. The molecule has 0 spiro atoms. The Morgan fingerprint density at radius 2 is 1.83 bits per heavy atom. The minimum atomic E-state index is -0.352. The summed E-state index contributed by atoms with van der Waals surface area (Å²) in [6.45, 7) is 3.24. The average Bonchev–Trinajstić information content (AvgIpc) is 3.33. The van der Waals surface area contributed by atoms with E-state index >= 15 is 0 Å². The molecule has 1 N–H and O–H groups in total. The largest absolute Gasteiger partial charge is 0.443 e. The van der Waals surface area contributed by atoms with Crippen LogP contribution in [0.5, 0.6) is 0 Å². The Bertz CT molecular complexity index is 1010. The molecular formula is C23H24FN3O2. The average molecular weight is 393 g/mol. The van der Waals surface area contributed by atoms with E-state index in [2.05, 4.69) is 40.3 Å². The van der Waals surface area contributed by atoms with E-state index in [1.165, 1.54) is 28.6 Å². The quantitative estimate of drug-likeness (QED) is 0.709. The zero-order chi connectivity index (χ0) is 19.8. The lowest BCUT2D eigenvalue weighted by atomic mass is 9.89. The second kappa shape index (κ2) is 7.52. The van der Waals surface area contributed by atoms with E-state index in [1.807, 2.05) is 0 Å². The third kappa shape index (κ3) is 3.60. The van der Waals surface area contributed by atoms with Gasteiger partial charge in [-0.05, 0) is 67.7 Å². The number of anilines is 1. The van der Waals surface area contributed by atoms with Crippen molar-refractivity contribution >= 4 is 22.7 Å². The maximum atomic E-state index is 13.1. The number of likely N-dealkylation sites (tertiary alicyclic amines) is 1. The van der Waals surface area contributed by atoms with Crippen molar-refractivity contribution in [3.63, 3.8) is 0 Å². The van der Waals surface area contributed by atoms with Crippen molar-refractivity contribution < 1.29 is 13.9 Å². The Morgan fingerprint density at radius 3 is 2.62 bits per heavy atom. The Balaban J connectivity index is 1.18. The molecule has 3 aromatic rings. The number of piperidine rings is 1. The number of nitrogens with zero attached hydrogens (tertiary/aromatic N) is 2. The van der Waals surface area contributed by atoms with Gasteiger partial charge in [0.05, 0.1) is 6.54 Å². The van der Waals surface area contributed by atoms with Gasteiger partial charge < -0.3 is 9.72 Å². The summed E-state index contributed by atoms with van der Waals surface area (Å²) < 4.78 is 18.7. The molecule has 0 bridgehead atoms. The molecule has 1 amide bonds. The van der Waals surface area contributed by atoms with Crippen molar-refractivity contribution in [3.05, 3.63) is 66.1 Å². The first-order valence-corrected chi connectivity index (χ1v) is 10.2. The van der Waals surface area contributed by atoms with Gasteiger partial charge in [-0.25, -0.2) is 9.18 Å². The SMILES string of the molecule is O=C1OC(CN2CCC(c3c[nH]c4ccccc34)CC2)CN1c1ccc(F)cc1. The molecule has 1 aromatic heterocycles. The summed E-state index contributed by atoms with van der Waals surface area (Å²) in [6, 6.07) is 14.4. The summed E-state index contributed by atoms with van der Waals surface area (Å²) in [5.74, 6) is 0.250. The number of fused-ring (bicyclic) bond motifs is 1. The van der Waals surface area contributed by atoms with Crippen LogP contribution >= 0.6 is 0 Å². The monoisotopic (exact) mass is 393 g/mol. The first kappa shape index (κ1) is 18.2. The Kier molecular flexibility index (Phi) is 4.72. The Hall–Kier alpha value is -2.86. The molecule has 0 radical (unpaired) electrons. The molecule has 29 heavy (non-hydrogen) atoms. The number of carbonyl (C=O) groups is 1. The van der Waals surface area contributed by atoms with E-state index < -0.39 is 0 Å². The predicted octanol–water partition coefficient (Wildman–Crippen LogP) is 4.51. The van der Waals surface area contributed by atoms with Crippen LogP contribution in [0.25, 0.3) is 10.9 Å². The van der Waals surface area contributed by atoms with Gasteiger partial charge in [0.1, 0.15) is 11.9 Å². The van der Waals surface area contributed by atoms with E-state index in [1.54, 1.807) is 17.0 Å². The molecule has 5 rings (SSSR count). The Morgan fingerprint density at radius 1 is 1.07 bits per heavy atom. The number of rotatable bonds is 4. The predicted molar refractivity (Wildman–Crippen MR) is 111 cm³/mol. The second-order valence-corrected chi connectivity index (χ2v) is 7.96. The van der Waals surface area contributed by atoms with Gasteiger partial charge >= 0.3 is 6.09 Å². The molecule has 2 fully saturated rings. The van der Waals surface area contributed by atoms with Crippen LogP contribution in [0, 0.1) is 5.82 Å². The highest BCUT2D eigenvalue weighted by Gasteiger charge is 2.34. The topological polar surface area (TPSA) is 48.6 Å². The number of hydrogen-bond donors (Lipinski definition) is 1. The molecule has 0 aliphatic carbocycles. The minimum absolute atomic E-state index is 0.155. The van der Waals surface area contributed by atoms with Crippen molar-refractivity contribution in [2.45, 2.75) is 24.9 Å². The summed E-state index contributed by atoms with van der Waals surface area (Å²) in [5, 5.41) is 1.32. The highest BCUT2D eigenvalue weighted by molar-refractivity contribution is 5.89. The van der Waals surface area contributed by atoms with Crippen LogP contribution in [-0.2, 0) is 4.74 Å². The van der Waals surface area contributed by atoms with Gasteiger partial charge in [-0.15, -0.1) is 0 Å². The highest BCUT2D eigenvalue weighted by Crippen LogP contribution is 2.33. The number of ether oxygens (including phenoxy) is 1. The number of hydrogen-bond acceptors (Lipinski definition) is 3. The number of halogens is 1. The van der Waals surface area contributed by atoms with Crippen LogP contribution in [-0.4, -0.2) is 48.3 Å². The number of cyclic esters (lactones) is 1. The molecule has 0 saturated carbocycles. The van der Waals surface area contributed by atoms with E-state index in [4.69, 9.17) is 4.74 Å². The molecule has 1 unspecified atom stereocenters. The van der Waals surface area contributed by atoms with E-state index in [-0.39, 0.29) is 18.0 Å². The number of benzene rings is 2. The fourth-order valence-electron chi connectivity index (χ4n) is 4.59. The molecule has 2 aliphatic rings. The first-order chi connectivity index (χ1) is 14.2. The van der Waals surface area contributed by atoms with Crippen molar-refractivity contribution in [3.8, 4) is 0 Å². The Labute approximate surface area is 169 Å². The molecule has 2 aromatic carbocycles. The number of carbonyl (C=O) groups excluding carboxylic acids is 1. The van der Waals surface area contributed by atoms with Crippen LogP contribution < -0.4 is 4.90 Å². The number of H-pyrrole nitrogens is 1. The van der Waals surface area contributed by atoms with E-state index in [0.29, 0.717) is 18.2 Å². The standard InChI is InChI=1S/C23H24FN3O2/c24-17-5-7-18(8-6-17)27-15-19(29-23(27)28)14-26-11-9-16(10-12-26)21-13-25-22-4-2-1-3-20(21)22/h1-8,13,16,19,25H,9-12,14-15H2. The zero-order valence-electron chi connectivity index (χ0n) is 16.2. The van der Waals surface area contributed by atoms with Gasteiger partial charge in [0.25, 0.3) is 0 Å². The van der Waals surface area contributed by atoms with Crippen molar-refractivity contribution in [1.82, 2.24) is 9.88 Å². The molecular weight excluding hydrogens is 369 g/mol. The maximum Gasteiger partial charge on any atom is 0.414 e. The van der Waals surface area contributed by atoms with Crippen LogP contribution in [0.3, 0.4) is 0 Å². The normalized spacial score (nSPS) is 21.1. The maximum absolute atomic E-state index is 13.1.